The van der Waals surface area contributed by atoms with Crippen LogP contribution in [0.5, 0.6) is 5.75 Å². The van der Waals surface area contributed by atoms with Gasteiger partial charge in [0.1, 0.15) is 12.0 Å². The Hall–Kier alpha value is -3.06. The van der Waals surface area contributed by atoms with Gasteiger partial charge in [0.2, 0.25) is 0 Å². The highest BCUT2D eigenvalue weighted by atomic mass is 32.2. The molecule has 2 heterocycles. The second-order valence-electron chi connectivity index (χ2n) is 5.99. The van der Waals surface area contributed by atoms with Crippen LogP contribution in [-0.2, 0) is 5.75 Å². The van der Waals surface area contributed by atoms with E-state index in [9.17, 15) is 0 Å². The fourth-order valence-electron chi connectivity index (χ4n) is 2.67. The summed E-state index contributed by atoms with van der Waals surface area (Å²) in [7, 11) is 1.66. The van der Waals surface area contributed by atoms with Gasteiger partial charge in [0.15, 0.2) is 11.0 Å². The van der Waals surface area contributed by atoms with E-state index in [0.29, 0.717) is 5.75 Å². The van der Waals surface area contributed by atoms with Gasteiger partial charge < -0.3 is 9.26 Å². The maximum Gasteiger partial charge on any atom is 0.196 e. The number of thioether (sulfide) groups is 1. The molecule has 0 fully saturated rings. The van der Waals surface area contributed by atoms with Crippen molar-refractivity contribution in [2.75, 3.05) is 7.11 Å². The first kappa shape index (κ1) is 17.4. The molecule has 0 aliphatic rings. The normalized spacial score (nSPS) is 10.9. The first-order valence-electron chi connectivity index (χ1n) is 8.43. The van der Waals surface area contributed by atoms with E-state index in [4.69, 9.17) is 9.26 Å². The third-order valence-electron chi connectivity index (χ3n) is 4.11. The quantitative estimate of drug-likeness (QED) is 0.459. The standard InChI is InChI=1S/C20H18N4O2S/c1-14-3-7-17(8-4-14)24-19(15-5-9-18(25-2)10-6-15)21-22-20(24)27-13-16-11-12-26-23-16/h3-12H,13H2,1-2H3. The molecule has 0 bridgehead atoms. The third kappa shape index (κ3) is 3.73. The molecular formula is C20H18N4O2S. The van der Waals surface area contributed by atoms with Gasteiger partial charge in [0.25, 0.3) is 0 Å². The highest BCUT2D eigenvalue weighted by Gasteiger charge is 2.16. The predicted molar refractivity (Wildman–Crippen MR) is 104 cm³/mol. The van der Waals surface area contributed by atoms with Gasteiger partial charge in [-0.15, -0.1) is 10.2 Å². The van der Waals surface area contributed by atoms with Crippen LogP contribution in [0.15, 0.2) is 70.5 Å². The number of hydrogen-bond donors (Lipinski definition) is 0. The van der Waals surface area contributed by atoms with Crippen LogP contribution >= 0.6 is 11.8 Å². The van der Waals surface area contributed by atoms with E-state index in [0.717, 1.165) is 33.7 Å². The molecule has 0 saturated carbocycles. The summed E-state index contributed by atoms with van der Waals surface area (Å²) in [5.74, 6) is 2.24. The Morgan fingerprint density at radius 1 is 1.00 bits per heavy atom. The monoisotopic (exact) mass is 378 g/mol. The summed E-state index contributed by atoms with van der Waals surface area (Å²) in [5.41, 5.74) is 4.05. The first-order valence-corrected chi connectivity index (χ1v) is 9.42. The van der Waals surface area contributed by atoms with Crippen molar-refractivity contribution in [2.45, 2.75) is 17.8 Å². The number of rotatable bonds is 6. The summed E-state index contributed by atoms with van der Waals surface area (Å²) in [4.78, 5) is 0. The predicted octanol–water partition coefficient (Wildman–Crippen LogP) is 4.53. The van der Waals surface area contributed by atoms with Crippen LogP contribution in [0, 0.1) is 6.92 Å². The average Bonchev–Trinajstić information content (AvgIpc) is 3.37. The summed E-state index contributed by atoms with van der Waals surface area (Å²) >= 11 is 1.57. The minimum atomic E-state index is 0.656. The number of hydrogen-bond acceptors (Lipinski definition) is 6. The Balaban J connectivity index is 1.74. The van der Waals surface area contributed by atoms with Gasteiger partial charge in [-0.3, -0.25) is 4.57 Å². The van der Waals surface area contributed by atoms with Gasteiger partial charge in [-0.2, -0.15) is 0 Å². The number of benzene rings is 2. The Labute approximate surface area is 161 Å². The van der Waals surface area contributed by atoms with Crippen LogP contribution in [-0.4, -0.2) is 27.0 Å². The minimum Gasteiger partial charge on any atom is -0.497 e. The molecule has 4 aromatic rings. The first-order chi connectivity index (χ1) is 13.2. The Morgan fingerprint density at radius 2 is 1.78 bits per heavy atom. The molecule has 4 rings (SSSR count). The topological polar surface area (TPSA) is 66.0 Å². The van der Waals surface area contributed by atoms with E-state index in [1.807, 2.05) is 30.3 Å². The zero-order chi connectivity index (χ0) is 18.6. The lowest BCUT2D eigenvalue weighted by molar-refractivity contribution is 0.414. The summed E-state index contributed by atoms with van der Waals surface area (Å²) in [6.07, 6.45) is 1.57. The zero-order valence-electron chi connectivity index (χ0n) is 15.0. The van der Waals surface area contributed by atoms with E-state index < -0.39 is 0 Å². The van der Waals surface area contributed by atoms with Gasteiger partial charge in [-0.1, -0.05) is 34.6 Å². The molecule has 0 N–H and O–H groups in total. The molecule has 0 aliphatic heterocycles. The summed E-state index contributed by atoms with van der Waals surface area (Å²) in [5, 5.41) is 13.6. The maximum atomic E-state index is 5.26. The second-order valence-corrected chi connectivity index (χ2v) is 6.93. The van der Waals surface area contributed by atoms with Crippen LogP contribution in [0.3, 0.4) is 0 Å². The van der Waals surface area contributed by atoms with E-state index in [1.165, 1.54) is 5.56 Å². The van der Waals surface area contributed by atoms with Gasteiger partial charge in [-0.25, -0.2) is 0 Å². The summed E-state index contributed by atoms with van der Waals surface area (Å²) in [6.45, 7) is 2.07. The van der Waals surface area contributed by atoms with Crippen LogP contribution in [0.2, 0.25) is 0 Å². The summed E-state index contributed by atoms with van der Waals surface area (Å²) < 4.78 is 12.2. The number of methoxy groups -OCH3 is 1. The minimum absolute atomic E-state index is 0.656. The molecule has 27 heavy (non-hydrogen) atoms. The highest BCUT2D eigenvalue weighted by Crippen LogP contribution is 2.30. The van der Waals surface area contributed by atoms with Crippen LogP contribution in [0.4, 0.5) is 0 Å². The lowest BCUT2D eigenvalue weighted by Crippen LogP contribution is -2.00. The van der Waals surface area contributed by atoms with Crippen molar-refractivity contribution in [3.63, 3.8) is 0 Å². The van der Waals surface area contributed by atoms with Gasteiger partial charge in [0.05, 0.1) is 12.8 Å². The highest BCUT2D eigenvalue weighted by molar-refractivity contribution is 7.98. The van der Waals surface area contributed by atoms with Crippen molar-refractivity contribution >= 4 is 11.8 Å². The molecule has 6 nitrogen and oxygen atoms in total. The van der Waals surface area contributed by atoms with Crippen molar-refractivity contribution in [3.8, 4) is 22.8 Å². The lowest BCUT2D eigenvalue weighted by Gasteiger charge is -2.11. The Morgan fingerprint density at radius 3 is 2.44 bits per heavy atom. The Bertz CT molecular complexity index is 1010. The third-order valence-corrected chi connectivity index (χ3v) is 5.08. The fourth-order valence-corrected chi connectivity index (χ4v) is 3.51. The summed E-state index contributed by atoms with van der Waals surface area (Å²) in [6, 6.07) is 18.0. The number of aryl methyl sites for hydroxylation is 1. The molecular weight excluding hydrogens is 360 g/mol. The van der Waals surface area contributed by atoms with E-state index in [-0.39, 0.29) is 0 Å². The van der Waals surface area contributed by atoms with E-state index in [2.05, 4.69) is 51.1 Å². The molecule has 0 radical (unpaired) electrons. The zero-order valence-corrected chi connectivity index (χ0v) is 15.8. The molecule has 0 atom stereocenters. The van der Waals surface area contributed by atoms with Crippen molar-refractivity contribution in [1.29, 1.82) is 0 Å². The van der Waals surface area contributed by atoms with Gasteiger partial charge in [-0.05, 0) is 43.3 Å². The van der Waals surface area contributed by atoms with Crippen LogP contribution in [0.25, 0.3) is 17.1 Å². The van der Waals surface area contributed by atoms with Crippen LogP contribution in [0.1, 0.15) is 11.3 Å². The van der Waals surface area contributed by atoms with Crippen molar-refractivity contribution in [3.05, 3.63) is 72.1 Å². The lowest BCUT2D eigenvalue weighted by atomic mass is 10.2. The smallest absolute Gasteiger partial charge is 0.196 e. The largest absolute Gasteiger partial charge is 0.497 e. The van der Waals surface area contributed by atoms with Crippen molar-refractivity contribution in [2.24, 2.45) is 0 Å². The fraction of sp³-hybridized carbons (Fsp3) is 0.150. The van der Waals surface area contributed by atoms with E-state index in [1.54, 1.807) is 25.1 Å². The van der Waals surface area contributed by atoms with Gasteiger partial charge >= 0.3 is 0 Å². The molecule has 0 spiro atoms. The number of ether oxygens (including phenoxy) is 1. The average molecular weight is 378 g/mol. The van der Waals surface area contributed by atoms with Gasteiger partial charge in [0, 0.05) is 23.1 Å². The van der Waals surface area contributed by atoms with Crippen molar-refractivity contribution < 1.29 is 9.26 Å². The molecule has 0 amide bonds. The molecule has 0 unspecified atom stereocenters. The molecule has 2 aromatic carbocycles. The molecule has 136 valence electrons. The second kappa shape index (κ2) is 7.67. The molecule has 7 heteroatoms. The maximum absolute atomic E-state index is 5.26. The van der Waals surface area contributed by atoms with Crippen molar-refractivity contribution in [1.82, 2.24) is 19.9 Å². The number of aromatic nitrogens is 4. The number of nitrogens with zero attached hydrogens (tertiary/aromatic N) is 4. The van der Waals surface area contributed by atoms with Crippen LogP contribution < -0.4 is 4.74 Å². The molecule has 0 aliphatic carbocycles. The molecule has 2 aromatic heterocycles. The molecule has 0 saturated heterocycles. The Kier molecular flexibility index (Phi) is 4.93. The van der Waals surface area contributed by atoms with E-state index >= 15 is 0 Å². The SMILES string of the molecule is COc1ccc(-c2nnc(SCc3ccon3)n2-c2ccc(C)cc2)cc1.